The Morgan fingerprint density at radius 3 is 2.33 bits per heavy atom. The monoisotopic (exact) mass is 407 g/mol. The minimum atomic E-state index is -0.488. The van der Waals surface area contributed by atoms with E-state index in [9.17, 15) is 19.7 Å². The average Bonchev–Trinajstić information content (AvgIpc) is 3.03. The number of hydrogen-bond donors (Lipinski definition) is 1. The van der Waals surface area contributed by atoms with Crippen LogP contribution in [0.1, 0.15) is 47.2 Å². The molecule has 3 rings (SSSR count). The summed E-state index contributed by atoms with van der Waals surface area (Å²) >= 11 is 0. The highest BCUT2D eigenvalue weighted by Crippen LogP contribution is 2.18. The summed E-state index contributed by atoms with van der Waals surface area (Å²) in [5, 5.41) is 13.8. The SMILES string of the molecule is Cc1ccc(C(=O)NC(=Cc2cccc([N+](=O)[O-])c2)C(=O)N2CCCCCC2)cc1. The van der Waals surface area contributed by atoms with Gasteiger partial charge in [-0.05, 0) is 43.5 Å². The summed E-state index contributed by atoms with van der Waals surface area (Å²) in [5.74, 6) is -0.668. The molecule has 1 aliphatic heterocycles. The largest absolute Gasteiger partial charge is 0.337 e. The van der Waals surface area contributed by atoms with Crippen LogP contribution in [0.5, 0.6) is 0 Å². The van der Waals surface area contributed by atoms with Gasteiger partial charge in [0, 0.05) is 30.8 Å². The van der Waals surface area contributed by atoms with E-state index in [2.05, 4.69) is 5.32 Å². The molecule has 0 unspecified atom stereocenters. The summed E-state index contributed by atoms with van der Waals surface area (Å²) in [7, 11) is 0. The van der Waals surface area contributed by atoms with Gasteiger partial charge in [0.25, 0.3) is 17.5 Å². The standard InChI is InChI=1S/C23H25N3O4/c1-17-9-11-19(12-10-17)22(27)24-21(23(28)25-13-4-2-3-5-14-25)16-18-7-6-8-20(15-18)26(29)30/h6-12,15-16H,2-5,13-14H2,1H3,(H,24,27). The van der Waals surface area contributed by atoms with Gasteiger partial charge in [0.05, 0.1) is 4.92 Å². The maximum Gasteiger partial charge on any atom is 0.270 e. The van der Waals surface area contributed by atoms with Crippen molar-refractivity contribution in [2.75, 3.05) is 13.1 Å². The van der Waals surface area contributed by atoms with Crippen molar-refractivity contribution in [2.24, 2.45) is 0 Å². The Balaban J connectivity index is 1.92. The first kappa shape index (κ1) is 21.2. The van der Waals surface area contributed by atoms with Gasteiger partial charge in [-0.1, -0.05) is 42.7 Å². The number of hydrogen-bond acceptors (Lipinski definition) is 4. The van der Waals surface area contributed by atoms with E-state index in [-0.39, 0.29) is 17.3 Å². The molecule has 1 N–H and O–H groups in total. The average molecular weight is 407 g/mol. The molecular weight excluding hydrogens is 382 g/mol. The lowest BCUT2D eigenvalue weighted by molar-refractivity contribution is -0.384. The van der Waals surface area contributed by atoms with E-state index in [0.29, 0.717) is 24.2 Å². The number of aryl methyl sites for hydroxylation is 1. The van der Waals surface area contributed by atoms with Crippen LogP contribution in [-0.4, -0.2) is 34.7 Å². The zero-order valence-corrected chi connectivity index (χ0v) is 17.0. The Bertz CT molecular complexity index is 959. The molecule has 30 heavy (non-hydrogen) atoms. The van der Waals surface area contributed by atoms with Gasteiger partial charge in [-0.2, -0.15) is 0 Å². The Morgan fingerprint density at radius 1 is 1.03 bits per heavy atom. The van der Waals surface area contributed by atoms with Gasteiger partial charge in [0.15, 0.2) is 0 Å². The summed E-state index contributed by atoms with van der Waals surface area (Å²) < 4.78 is 0. The Hall–Kier alpha value is -3.48. The third-order valence-corrected chi connectivity index (χ3v) is 5.08. The predicted molar refractivity (Wildman–Crippen MR) is 115 cm³/mol. The van der Waals surface area contributed by atoms with Crippen LogP contribution in [0.2, 0.25) is 0 Å². The molecule has 2 aromatic carbocycles. The maximum atomic E-state index is 13.2. The molecule has 0 bridgehead atoms. The molecule has 0 atom stereocenters. The lowest BCUT2D eigenvalue weighted by atomic mass is 10.1. The number of carbonyl (C=O) groups excluding carboxylic acids is 2. The molecule has 1 fully saturated rings. The zero-order valence-electron chi connectivity index (χ0n) is 17.0. The smallest absolute Gasteiger partial charge is 0.270 e. The lowest BCUT2D eigenvalue weighted by Gasteiger charge is -2.22. The van der Waals surface area contributed by atoms with Crippen LogP contribution in [-0.2, 0) is 4.79 Å². The number of nitro benzene ring substituents is 1. The van der Waals surface area contributed by atoms with Crippen LogP contribution in [0.25, 0.3) is 6.08 Å². The summed E-state index contributed by atoms with van der Waals surface area (Å²) in [6, 6.07) is 13.1. The van der Waals surface area contributed by atoms with E-state index in [4.69, 9.17) is 0 Å². The number of benzene rings is 2. The number of rotatable bonds is 5. The van der Waals surface area contributed by atoms with Crippen molar-refractivity contribution in [1.29, 1.82) is 0 Å². The van der Waals surface area contributed by atoms with Crippen LogP contribution < -0.4 is 5.32 Å². The Morgan fingerprint density at radius 2 is 1.70 bits per heavy atom. The van der Waals surface area contributed by atoms with Crippen molar-refractivity contribution in [2.45, 2.75) is 32.6 Å². The number of amides is 2. The summed E-state index contributed by atoms with van der Waals surface area (Å²) in [6.07, 6.45) is 5.49. The van der Waals surface area contributed by atoms with Gasteiger partial charge in [-0.15, -0.1) is 0 Å². The van der Waals surface area contributed by atoms with Crippen LogP contribution in [0, 0.1) is 17.0 Å². The maximum absolute atomic E-state index is 13.2. The minimum Gasteiger partial charge on any atom is -0.337 e. The fraction of sp³-hybridized carbons (Fsp3) is 0.304. The molecule has 156 valence electrons. The second kappa shape index (κ2) is 9.82. The van der Waals surface area contributed by atoms with Gasteiger partial charge in [-0.25, -0.2) is 0 Å². The predicted octanol–water partition coefficient (Wildman–Crippen LogP) is 4.08. The van der Waals surface area contributed by atoms with E-state index in [1.807, 2.05) is 19.1 Å². The molecule has 0 radical (unpaired) electrons. The highest BCUT2D eigenvalue weighted by Gasteiger charge is 2.22. The van der Waals surface area contributed by atoms with Crippen LogP contribution in [0.4, 0.5) is 5.69 Å². The number of likely N-dealkylation sites (tertiary alicyclic amines) is 1. The van der Waals surface area contributed by atoms with Gasteiger partial charge in [0.1, 0.15) is 5.70 Å². The molecule has 7 heteroatoms. The Kier molecular flexibility index (Phi) is 6.95. The molecule has 1 heterocycles. The number of carbonyl (C=O) groups is 2. The molecule has 1 aliphatic rings. The van der Waals surface area contributed by atoms with Crippen LogP contribution in [0.3, 0.4) is 0 Å². The topological polar surface area (TPSA) is 92.5 Å². The van der Waals surface area contributed by atoms with Gasteiger partial charge >= 0.3 is 0 Å². The van der Waals surface area contributed by atoms with E-state index in [0.717, 1.165) is 31.2 Å². The molecule has 7 nitrogen and oxygen atoms in total. The van der Waals surface area contributed by atoms with E-state index >= 15 is 0 Å². The first-order chi connectivity index (χ1) is 14.4. The molecule has 0 aliphatic carbocycles. The molecule has 0 aromatic heterocycles. The van der Waals surface area contributed by atoms with Crippen molar-refractivity contribution in [3.8, 4) is 0 Å². The molecule has 0 saturated carbocycles. The highest BCUT2D eigenvalue weighted by molar-refractivity contribution is 6.05. The third kappa shape index (κ3) is 5.53. The van der Waals surface area contributed by atoms with Crippen molar-refractivity contribution in [1.82, 2.24) is 10.2 Å². The third-order valence-electron chi connectivity index (χ3n) is 5.08. The molecule has 2 aromatic rings. The first-order valence-corrected chi connectivity index (χ1v) is 10.1. The van der Waals surface area contributed by atoms with Gasteiger partial charge in [-0.3, -0.25) is 19.7 Å². The quantitative estimate of drug-likeness (QED) is 0.459. The zero-order chi connectivity index (χ0) is 21.5. The van der Waals surface area contributed by atoms with Crippen molar-refractivity contribution in [3.63, 3.8) is 0 Å². The van der Waals surface area contributed by atoms with E-state index in [1.54, 1.807) is 29.2 Å². The normalized spacial score (nSPS) is 14.7. The van der Waals surface area contributed by atoms with Crippen LogP contribution >= 0.6 is 0 Å². The number of nitrogens with one attached hydrogen (secondary N) is 1. The molecule has 1 saturated heterocycles. The molecular formula is C23H25N3O4. The fourth-order valence-corrected chi connectivity index (χ4v) is 3.39. The van der Waals surface area contributed by atoms with Crippen molar-refractivity contribution < 1.29 is 14.5 Å². The Labute approximate surface area is 175 Å². The van der Waals surface area contributed by atoms with Gasteiger partial charge < -0.3 is 10.2 Å². The van der Waals surface area contributed by atoms with E-state index in [1.165, 1.54) is 18.2 Å². The van der Waals surface area contributed by atoms with E-state index < -0.39 is 10.8 Å². The molecule has 0 spiro atoms. The second-order valence-corrected chi connectivity index (χ2v) is 7.44. The second-order valence-electron chi connectivity index (χ2n) is 7.44. The van der Waals surface area contributed by atoms with Crippen molar-refractivity contribution in [3.05, 3.63) is 81.0 Å². The van der Waals surface area contributed by atoms with Crippen LogP contribution in [0.15, 0.2) is 54.2 Å². The summed E-state index contributed by atoms with van der Waals surface area (Å²) in [6.45, 7) is 3.19. The molecule has 2 amide bonds. The number of nitrogens with zero attached hydrogens (tertiary/aromatic N) is 2. The van der Waals surface area contributed by atoms with Crippen molar-refractivity contribution >= 4 is 23.6 Å². The summed E-state index contributed by atoms with van der Waals surface area (Å²) in [4.78, 5) is 38.3. The number of non-ortho nitro benzene ring substituents is 1. The number of nitro groups is 1. The fourth-order valence-electron chi connectivity index (χ4n) is 3.39. The summed E-state index contributed by atoms with van der Waals surface area (Å²) in [5.41, 5.74) is 1.98. The van der Waals surface area contributed by atoms with Gasteiger partial charge in [0.2, 0.25) is 0 Å². The minimum absolute atomic E-state index is 0.0739. The lowest BCUT2D eigenvalue weighted by Crippen LogP contribution is -2.39. The first-order valence-electron chi connectivity index (χ1n) is 10.1. The highest BCUT2D eigenvalue weighted by atomic mass is 16.6.